The van der Waals surface area contributed by atoms with E-state index >= 15 is 0 Å². The number of nitrogens with zero attached hydrogens (tertiary/aromatic N) is 1. The van der Waals surface area contributed by atoms with Gasteiger partial charge in [-0.1, -0.05) is 31.5 Å². The first kappa shape index (κ1) is 45.4. The van der Waals surface area contributed by atoms with Crippen LogP contribution < -0.4 is 45.0 Å². The van der Waals surface area contributed by atoms with Gasteiger partial charge in [-0.2, -0.15) is 4.31 Å². The van der Waals surface area contributed by atoms with Crippen molar-refractivity contribution in [1.82, 2.24) is 25.6 Å². The van der Waals surface area contributed by atoms with Gasteiger partial charge in [-0.3, -0.25) is 19.2 Å². The third-order valence-electron chi connectivity index (χ3n) is 9.22. The molecule has 5 N–H and O–H groups in total. The smallest absolute Gasteiger partial charge is 0.251 e. The molecule has 1 aliphatic rings. The number of carbonyl (C=O) groups excluding carboxylic acids is 4. The highest BCUT2D eigenvalue weighted by Crippen LogP contribution is 2.38. The number of carbonyl (C=O) groups is 4. The highest BCUT2D eigenvalue weighted by atomic mass is 35.5. The van der Waals surface area contributed by atoms with Gasteiger partial charge in [0.05, 0.1) is 58.2 Å². The summed E-state index contributed by atoms with van der Waals surface area (Å²) in [5.74, 6) is -2.26. The molecule has 316 valence electrons. The summed E-state index contributed by atoms with van der Waals surface area (Å²) in [5, 5.41) is 21.4. The third kappa shape index (κ3) is 11.0. The third-order valence-corrected chi connectivity index (χ3v) is 11.4. The lowest BCUT2D eigenvalue weighted by molar-refractivity contribution is -0.135. The number of hydrogen-bond donors (Lipinski definition) is 5. The molecule has 3 aromatic carbocycles. The van der Waals surface area contributed by atoms with Crippen LogP contribution in [0.4, 0.5) is 0 Å². The number of methoxy groups -OCH3 is 4. The van der Waals surface area contributed by atoms with Gasteiger partial charge in [0, 0.05) is 30.8 Å². The van der Waals surface area contributed by atoms with E-state index in [1.165, 1.54) is 53.6 Å². The molecule has 0 aromatic heterocycles. The van der Waals surface area contributed by atoms with Crippen LogP contribution in [0.1, 0.15) is 49.5 Å². The fourth-order valence-electron chi connectivity index (χ4n) is 6.05. The first-order chi connectivity index (χ1) is 27.5. The number of aliphatic hydroxyl groups excluding tert-OH is 1. The molecule has 0 spiro atoms. The maximum atomic E-state index is 14.2. The number of ether oxygens (including phenoxy) is 5. The zero-order valence-corrected chi connectivity index (χ0v) is 34.9. The minimum Gasteiger partial charge on any atom is -0.496 e. The minimum absolute atomic E-state index is 0.0354. The number of fused-ring (bicyclic) bond motifs is 3. The van der Waals surface area contributed by atoms with E-state index in [0.29, 0.717) is 17.1 Å². The Morgan fingerprint density at radius 1 is 0.793 bits per heavy atom. The summed E-state index contributed by atoms with van der Waals surface area (Å²) in [5.41, 5.74) is 0.672. The number of sulfonamides is 1. The Labute approximate surface area is 342 Å². The van der Waals surface area contributed by atoms with Gasteiger partial charge >= 0.3 is 0 Å². The van der Waals surface area contributed by atoms with E-state index in [0.717, 1.165) is 4.31 Å². The largest absolute Gasteiger partial charge is 0.496 e. The summed E-state index contributed by atoms with van der Waals surface area (Å²) in [6, 6.07) is 9.33. The van der Waals surface area contributed by atoms with E-state index in [9.17, 15) is 32.7 Å². The van der Waals surface area contributed by atoms with E-state index in [-0.39, 0.29) is 71.0 Å². The average molecular weight is 848 g/mol. The molecule has 0 saturated carbocycles. The molecule has 4 amide bonds. The van der Waals surface area contributed by atoms with Crippen molar-refractivity contribution in [2.75, 3.05) is 48.1 Å². The molecule has 0 fully saturated rings. The molecule has 0 aliphatic carbocycles. The fraction of sp³-hybridized carbons (Fsp3) is 0.436. The lowest BCUT2D eigenvalue weighted by Gasteiger charge is -2.28. The zero-order chi connectivity index (χ0) is 42.7. The Morgan fingerprint density at radius 2 is 1.48 bits per heavy atom. The van der Waals surface area contributed by atoms with Gasteiger partial charge in [-0.25, -0.2) is 8.42 Å². The van der Waals surface area contributed by atoms with Gasteiger partial charge in [-0.15, -0.1) is 0 Å². The first-order valence-corrected chi connectivity index (χ1v) is 20.1. The number of hydrogen-bond acceptors (Lipinski definition) is 12. The molecule has 0 unspecified atom stereocenters. The Hall–Kier alpha value is -5.30. The van der Waals surface area contributed by atoms with Crippen molar-refractivity contribution in [1.29, 1.82) is 0 Å². The zero-order valence-electron chi connectivity index (χ0n) is 33.3. The molecule has 1 aliphatic heterocycles. The molecule has 1 heterocycles. The highest BCUT2D eigenvalue weighted by Gasteiger charge is 2.35. The lowest BCUT2D eigenvalue weighted by Crippen LogP contribution is -2.59. The van der Waals surface area contributed by atoms with Gasteiger partial charge < -0.3 is 50.1 Å². The minimum atomic E-state index is -4.52. The molecule has 2 bridgehead atoms. The molecular formula is C39H50ClN5O12S. The van der Waals surface area contributed by atoms with Crippen molar-refractivity contribution in [3.8, 4) is 34.5 Å². The van der Waals surface area contributed by atoms with Crippen LogP contribution in [0.15, 0.2) is 53.4 Å². The number of amides is 4. The highest BCUT2D eigenvalue weighted by molar-refractivity contribution is 7.89. The number of rotatable bonds is 8. The van der Waals surface area contributed by atoms with Gasteiger partial charge in [0.15, 0.2) is 11.5 Å². The monoisotopic (exact) mass is 847 g/mol. The summed E-state index contributed by atoms with van der Waals surface area (Å²) < 4.78 is 57.3. The van der Waals surface area contributed by atoms with E-state index in [1.807, 2.05) is 0 Å². The molecule has 0 saturated heterocycles. The number of aliphatic hydroxyl groups is 1. The van der Waals surface area contributed by atoms with Crippen molar-refractivity contribution >= 4 is 45.3 Å². The van der Waals surface area contributed by atoms with Crippen molar-refractivity contribution < 1.29 is 56.4 Å². The summed E-state index contributed by atoms with van der Waals surface area (Å²) in [7, 11) is 0.937. The van der Waals surface area contributed by atoms with Crippen molar-refractivity contribution in [3.05, 3.63) is 64.7 Å². The van der Waals surface area contributed by atoms with E-state index in [2.05, 4.69) is 21.3 Å². The average Bonchev–Trinajstić information content (AvgIpc) is 3.19. The predicted octanol–water partition coefficient (Wildman–Crippen LogP) is 3.00. The van der Waals surface area contributed by atoms with Crippen LogP contribution in [0, 0.1) is 5.92 Å². The first-order valence-electron chi connectivity index (χ1n) is 18.3. The summed E-state index contributed by atoms with van der Waals surface area (Å²) in [6.45, 7) is 3.66. The van der Waals surface area contributed by atoms with Crippen LogP contribution in [0.2, 0.25) is 5.02 Å². The summed E-state index contributed by atoms with van der Waals surface area (Å²) in [6.07, 6.45) is -1.02. The Balaban J connectivity index is 1.75. The van der Waals surface area contributed by atoms with Gasteiger partial charge in [0.1, 0.15) is 40.0 Å². The van der Waals surface area contributed by atoms with Crippen LogP contribution in [0.25, 0.3) is 0 Å². The Bertz CT molecular complexity index is 2080. The van der Waals surface area contributed by atoms with E-state index < -0.39 is 64.3 Å². The molecule has 3 aromatic rings. The molecule has 0 radical (unpaired) electrons. The van der Waals surface area contributed by atoms with Crippen LogP contribution in [0.5, 0.6) is 34.5 Å². The molecule has 19 heteroatoms. The molecule has 4 rings (SSSR count). The molecular weight excluding hydrogens is 798 g/mol. The van der Waals surface area contributed by atoms with Gasteiger partial charge in [-0.05, 0) is 56.0 Å². The second-order valence-electron chi connectivity index (χ2n) is 13.6. The van der Waals surface area contributed by atoms with Crippen LogP contribution >= 0.6 is 11.6 Å². The second-order valence-corrected chi connectivity index (χ2v) is 15.9. The molecule has 58 heavy (non-hydrogen) atoms. The number of halogens is 1. The van der Waals surface area contributed by atoms with Crippen molar-refractivity contribution in [3.63, 3.8) is 0 Å². The van der Waals surface area contributed by atoms with Crippen LogP contribution in [-0.2, 0) is 31.0 Å². The quantitative estimate of drug-likeness (QED) is 0.221. The van der Waals surface area contributed by atoms with E-state index in [1.54, 1.807) is 44.2 Å². The SMILES string of the molecule is COc1cc(S(=O)(=O)N2CCCCNC(=O)c3ccc(OC)c(c3)Oc3cccc(OC)c3CNC(=O)[C@@H](C(C)C)NC(=O)[C@H]([C@@H](C)O)NC(=O)C2)c(OC)cc1Cl. The molecule has 3 atom stereocenters. The number of nitrogens with one attached hydrogen (secondary N) is 4. The van der Waals surface area contributed by atoms with Crippen LogP contribution in [0.3, 0.4) is 0 Å². The van der Waals surface area contributed by atoms with Gasteiger partial charge in [0.25, 0.3) is 5.91 Å². The maximum absolute atomic E-state index is 14.2. The van der Waals surface area contributed by atoms with E-state index in [4.69, 9.17) is 35.3 Å². The topological polar surface area (TPSA) is 220 Å². The summed E-state index contributed by atoms with van der Waals surface area (Å²) in [4.78, 5) is 54.0. The lowest BCUT2D eigenvalue weighted by atomic mass is 10.0. The molecule has 17 nitrogen and oxygen atoms in total. The van der Waals surface area contributed by atoms with Gasteiger partial charge in [0.2, 0.25) is 27.7 Å². The van der Waals surface area contributed by atoms with Crippen molar-refractivity contribution in [2.24, 2.45) is 5.92 Å². The normalized spacial score (nSPS) is 18.7. The maximum Gasteiger partial charge on any atom is 0.251 e. The Morgan fingerprint density at radius 3 is 2.12 bits per heavy atom. The summed E-state index contributed by atoms with van der Waals surface area (Å²) >= 11 is 6.24. The predicted molar refractivity (Wildman–Crippen MR) is 213 cm³/mol. The standard InChI is InChI=1S/C39H50ClN5O12S/c1-22(2)35-38(49)42-20-25-27(53-4)11-10-12-28(25)57-31-17-24(13-14-29(31)54-5)37(48)41-15-8-9-16-45(21-34(47)43-36(23(3)46)39(50)44-35)58(51,52)33-19-30(55-6)26(40)18-32(33)56-7/h10-14,17-19,22-23,35-36,46H,8-9,15-16,20-21H2,1-7H3,(H,41,48)(H,42,49)(H,43,47)(H,44,50)/t23-,35-,36+/m1/s1. The Kier molecular flexibility index (Phi) is 16.0. The fourth-order valence-corrected chi connectivity index (χ4v) is 7.86. The van der Waals surface area contributed by atoms with Crippen molar-refractivity contribution in [2.45, 2.75) is 63.2 Å². The second kappa shape index (κ2) is 20.4. The van der Waals surface area contributed by atoms with Crippen LogP contribution in [-0.4, -0.2) is 108 Å². The number of benzene rings is 3.